The fourth-order valence-corrected chi connectivity index (χ4v) is 5.31. The van der Waals surface area contributed by atoms with E-state index in [-0.39, 0.29) is 4.90 Å². The minimum atomic E-state index is -3.44. The first-order chi connectivity index (χ1) is 11.9. The predicted molar refractivity (Wildman–Crippen MR) is 105 cm³/mol. The molecule has 1 aliphatic carbocycles. The Balaban J connectivity index is 1.75. The van der Waals surface area contributed by atoms with Crippen molar-refractivity contribution < 1.29 is 8.42 Å². The van der Waals surface area contributed by atoms with E-state index in [1.807, 2.05) is 6.07 Å². The monoisotopic (exact) mass is 381 g/mol. The summed E-state index contributed by atoms with van der Waals surface area (Å²) in [5.74, 6) is 0.753. The van der Waals surface area contributed by atoms with Gasteiger partial charge in [0.2, 0.25) is 10.0 Å². The Morgan fingerprint density at radius 3 is 2.68 bits per heavy atom. The summed E-state index contributed by atoms with van der Waals surface area (Å²) in [5.41, 5.74) is 0.728. The van der Waals surface area contributed by atoms with Gasteiger partial charge >= 0.3 is 0 Å². The minimum absolute atomic E-state index is 0.277. The Hall–Kier alpha value is -1.18. The molecule has 0 radical (unpaired) electrons. The molecule has 1 saturated heterocycles. The molecule has 3 rings (SSSR count). The van der Waals surface area contributed by atoms with Crippen LogP contribution in [0.3, 0.4) is 0 Å². The standard InChI is InChI=1S/C18H27N3O2S2/c1-20(2)25(22,23)16-10-5-9-15(13-16)19-18(24)21-12-6-8-14-7-3-4-11-17(14)21/h5,9-10,13-14,17H,3-4,6-8,11-12H2,1-2H3,(H,19,24)/t14-,17+/m0/s1. The molecule has 2 aliphatic rings. The molecule has 5 nitrogen and oxygen atoms in total. The van der Waals surface area contributed by atoms with Crippen molar-refractivity contribution in [2.75, 3.05) is 26.0 Å². The molecule has 1 aromatic carbocycles. The van der Waals surface area contributed by atoms with E-state index in [2.05, 4.69) is 10.2 Å². The zero-order valence-corrected chi connectivity index (χ0v) is 16.6. The van der Waals surface area contributed by atoms with E-state index < -0.39 is 10.0 Å². The summed E-state index contributed by atoms with van der Waals surface area (Å²) in [5, 5.41) is 3.99. The fraction of sp³-hybridized carbons (Fsp3) is 0.611. The number of hydrogen-bond acceptors (Lipinski definition) is 3. The van der Waals surface area contributed by atoms with Crippen LogP contribution >= 0.6 is 12.2 Å². The number of anilines is 1. The lowest BCUT2D eigenvalue weighted by Crippen LogP contribution is -2.51. The minimum Gasteiger partial charge on any atom is -0.346 e. The zero-order valence-electron chi connectivity index (χ0n) is 14.9. The first-order valence-corrected chi connectivity index (χ1v) is 10.8. The molecular formula is C18H27N3O2S2. The summed E-state index contributed by atoms with van der Waals surface area (Å²) >= 11 is 5.67. The highest BCUT2D eigenvalue weighted by Gasteiger charge is 2.34. The van der Waals surface area contributed by atoms with Gasteiger partial charge in [0.25, 0.3) is 0 Å². The van der Waals surface area contributed by atoms with Crippen molar-refractivity contribution in [1.29, 1.82) is 0 Å². The number of nitrogens with zero attached hydrogens (tertiary/aromatic N) is 2. The molecule has 0 spiro atoms. The molecule has 0 amide bonds. The van der Waals surface area contributed by atoms with E-state index in [1.54, 1.807) is 18.2 Å². The summed E-state index contributed by atoms with van der Waals surface area (Å²) in [6.07, 6.45) is 7.61. The molecule has 1 aliphatic heterocycles. The molecule has 0 unspecified atom stereocenters. The van der Waals surface area contributed by atoms with Gasteiger partial charge in [-0.15, -0.1) is 0 Å². The summed E-state index contributed by atoms with van der Waals surface area (Å²) in [4.78, 5) is 2.61. The molecule has 1 N–H and O–H groups in total. The van der Waals surface area contributed by atoms with Crippen molar-refractivity contribution in [2.45, 2.75) is 49.5 Å². The highest BCUT2D eigenvalue weighted by molar-refractivity contribution is 7.89. The van der Waals surface area contributed by atoms with Gasteiger partial charge in [-0.3, -0.25) is 0 Å². The van der Waals surface area contributed by atoms with Crippen molar-refractivity contribution in [1.82, 2.24) is 9.21 Å². The third-order valence-corrected chi connectivity index (χ3v) is 7.52. The van der Waals surface area contributed by atoms with Gasteiger partial charge in [-0.05, 0) is 62.0 Å². The van der Waals surface area contributed by atoms with Crippen LogP contribution < -0.4 is 5.32 Å². The summed E-state index contributed by atoms with van der Waals surface area (Å²) in [6, 6.07) is 7.42. The van der Waals surface area contributed by atoms with Gasteiger partial charge in [0.1, 0.15) is 0 Å². The van der Waals surface area contributed by atoms with Crippen molar-refractivity contribution in [2.24, 2.45) is 5.92 Å². The second kappa shape index (κ2) is 7.60. The number of piperidine rings is 1. The van der Waals surface area contributed by atoms with Gasteiger partial charge < -0.3 is 10.2 Å². The third kappa shape index (κ3) is 3.99. The van der Waals surface area contributed by atoms with Crippen LogP contribution in [0, 0.1) is 5.92 Å². The lowest BCUT2D eigenvalue weighted by molar-refractivity contribution is 0.121. The van der Waals surface area contributed by atoms with Gasteiger partial charge in [0.15, 0.2) is 5.11 Å². The molecule has 1 aromatic rings. The molecular weight excluding hydrogens is 354 g/mol. The maximum absolute atomic E-state index is 12.3. The van der Waals surface area contributed by atoms with Crippen LogP contribution in [0.4, 0.5) is 5.69 Å². The number of rotatable bonds is 3. The highest BCUT2D eigenvalue weighted by atomic mass is 32.2. The topological polar surface area (TPSA) is 52.7 Å². The molecule has 1 heterocycles. The Morgan fingerprint density at radius 2 is 1.92 bits per heavy atom. The highest BCUT2D eigenvalue weighted by Crippen LogP contribution is 2.35. The molecule has 2 atom stereocenters. The number of fused-ring (bicyclic) bond motifs is 1. The van der Waals surface area contributed by atoms with Gasteiger partial charge in [0.05, 0.1) is 4.90 Å². The largest absolute Gasteiger partial charge is 0.346 e. The van der Waals surface area contributed by atoms with Crippen LogP contribution in [-0.4, -0.2) is 49.4 Å². The van der Waals surface area contributed by atoms with Crippen LogP contribution in [0.25, 0.3) is 0 Å². The van der Waals surface area contributed by atoms with E-state index >= 15 is 0 Å². The van der Waals surface area contributed by atoms with Gasteiger partial charge in [0, 0.05) is 32.4 Å². The molecule has 1 saturated carbocycles. The Kier molecular flexibility index (Phi) is 5.65. The zero-order chi connectivity index (χ0) is 18.0. The number of nitrogens with one attached hydrogen (secondary N) is 1. The number of likely N-dealkylation sites (tertiary alicyclic amines) is 1. The summed E-state index contributed by atoms with van der Waals surface area (Å²) in [7, 11) is -0.365. The quantitative estimate of drug-likeness (QED) is 0.814. The second-order valence-corrected chi connectivity index (χ2v) is 9.73. The van der Waals surface area contributed by atoms with Crippen LogP contribution in [0.5, 0.6) is 0 Å². The van der Waals surface area contributed by atoms with Crippen molar-refractivity contribution in [3.8, 4) is 0 Å². The first kappa shape index (κ1) is 18.6. The van der Waals surface area contributed by atoms with Crippen LogP contribution in [0.2, 0.25) is 0 Å². The van der Waals surface area contributed by atoms with Crippen LogP contribution in [-0.2, 0) is 10.0 Å². The number of thiocarbonyl (C=S) groups is 1. The summed E-state index contributed by atoms with van der Waals surface area (Å²) < 4.78 is 25.9. The van der Waals surface area contributed by atoms with Crippen molar-refractivity contribution in [3.05, 3.63) is 24.3 Å². The fourth-order valence-electron chi connectivity index (χ4n) is 4.02. The number of sulfonamides is 1. The van der Waals surface area contributed by atoms with Crippen molar-refractivity contribution >= 4 is 33.0 Å². The number of hydrogen-bond donors (Lipinski definition) is 1. The Bertz CT molecular complexity index is 732. The second-order valence-electron chi connectivity index (χ2n) is 7.19. The van der Waals surface area contributed by atoms with Crippen molar-refractivity contribution in [3.63, 3.8) is 0 Å². The maximum Gasteiger partial charge on any atom is 0.242 e. The molecule has 2 fully saturated rings. The summed E-state index contributed by atoms with van der Waals surface area (Å²) in [6.45, 7) is 0.989. The SMILES string of the molecule is CN(C)S(=O)(=O)c1cccc(NC(=S)N2CCC[C@@H]3CCCC[C@H]32)c1. The third-order valence-electron chi connectivity index (χ3n) is 5.37. The van der Waals surface area contributed by atoms with E-state index in [0.29, 0.717) is 6.04 Å². The molecule has 0 bridgehead atoms. The lowest BCUT2D eigenvalue weighted by atomic mass is 9.78. The van der Waals surface area contributed by atoms with Gasteiger partial charge in [-0.25, -0.2) is 12.7 Å². The van der Waals surface area contributed by atoms with E-state index in [1.165, 1.54) is 56.9 Å². The lowest BCUT2D eigenvalue weighted by Gasteiger charge is -2.45. The maximum atomic E-state index is 12.3. The average Bonchev–Trinajstić information content (AvgIpc) is 2.61. The molecule has 7 heteroatoms. The van der Waals surface area contributed by atoms with Crippen LogP contribution in [0.1, 0.15) is 38.5 Å². The van der Waals surface area contributed by atoms with E-state index in [0.717, 1.165) is 23.3 Å². The number of benzene rings is 1. The van der Waals surface area contributed by atoms with Crippen LogP contribution in [0.15, 0.2) is 29.2 Å². The van der Waals surface area contributed by atoms with Gasteiger partial charge in [-0.2, -0.15) is 0 Å². The van der Waals surface area contributed by atoms with Gasteiger partial charge in [-0.1, -0.05) is 18.9 Å². The normalized spacial score (nSPS) is 24.0. The smallest absolute Gasteiger partial charge is 0.242 e. The average molecular weight is 382 g/mol. The first-order valence-electron chi connectivity index (χ1n) is 9.00. The molecule has 25 heavy (non-hydrogen) atoms. The molecule has 138 valence electrons. The van der Waals surface area contributed by atoms with E-state index in [4.69, 9.17) is 12.2 Å². The molecule has 0 aromatic heterocycles. The Labute approximate surface area is 156 Å². The van der Waals surface area contributed by atoms with E-state index in [9.17, 15) is 8.42 Å². The predicted octanol–water partition coefficient (Wildman–Crippen LogP) is 3.29. The Morgan fingerprint density at radius 1 is 1.20 bits per heavy atom.